The number of nitrogens with two attached hydrogens (primary N) is 1. The number of halogens is 3. The molecule has 0 atom stereocenters. The predicted molar refractivity (Wildman–Crippen MR) is 91.9 cm³/mol. The minimum Gasteiger partial charge on any atom is -0.383 e. The Kier molecular flexibility index (Phi) is 4.28. The number of nitriles is 1. The number of nitrogen functional groups attached to an aromatic ring is 1. The highest BCUT2D eigenvalue weighted by Gasteiger charge is 2.16. The molecule has 2 aromatic carbocycles. The molecule has 3 aromatic rings. The van der Waals surface area contributed by atoms with Crippen LogP contribution in [0, 0.1) is 23.0 Å². The zero-order valence-electron chi connectivity index (χ0n) is 12.2. The van der Waals surface area contributed by atoms with E-state index in [0.717, 1.165) is 28.2 Å². The van der Waals surface area contributed by atoms with Crippen LogP contribution in [0.15, 0.2) is 53.0 Å². The van der Waals surface area contributed by atoms with Gasteiger partial charge in [0.1, 0.15) is 29.1 Å². The summed E-state index contributed by atoms with van der Waals surface area (Å²) in [6.45, 7) is 0. The van der Waals surface area contributed by atoms with Gasteiger partial charge >= 0.3 is 0 Å². The zero-order chi connectivity index (χ0) is 17.3. The fraction of sp³-hybridized carbons (Fsp3) is 0. The van der Waals surface area contributed by atoms with Crippen LogP contribution < -0.4 is 5.73 Å². The Morgan fingerprint density at radius 2 is 1.71 bits per heavy atom. The van der Waals surface area contributed by atoms with Gasteiger partial charge in [0.25, 0.3) is 0 Å². The number of rotatable bonds is 2. The van der Waals surface area contributed by atoms with E-state index in [0.29, 0.717) is 5.69 Å². The molecule has 1 heterocycles. The summed E-state index contributed by atoms with van der Waals surface area (Å²) in [6.07, 6.45) is 0. The van der Waals surface area contributed by atoms with Crippen molar-refractivity contribution in [1.29, 1.82) is 5.26 Å². The summed E-state index contributed by atoms with van der Waals surface area (Å²) >= 11 is 3.34. The maximum Gasteiger partial charge on any atom is 0.142 e. The van der Waals surface area contributed by atoms with Crippen molar-refractivity contribution in [3.63, 3.8) is 0 Å². The van der Waals surface area contributed by atoms with Crippen molar-refractivity contribution in [3.8, 4) is 28.5 Å². The highest BCUT2D eigenvalue weighted by molar-refractivity contribution is 9.10. The highest BCUT2D eigenvalue weighted by Crippen LogP contribution is 2.33. The van der Waals surface area contributed by atoms with Gasteiger partial charge in [-0.2, -0.15) is 5.26 Å². The Morgan fingerprint density at radius 1 is 1.00 bits per heavy atom. The zero-order valence-corrected chi connectivity index (χ0v) is 13.8. The molecule has 0 radical (unpaired) electrons. The second-order valence-corrected chi connectivity index (χ2v) is 5.97. The maximum absolute atomic E-state index is 14.1. The van der Waals surface area contributed by atoms with Gasteiger partial charge < -0.3 is 5.73 Å². The number of anilines is 1. The number of nitrogens with zero attached hydrogens (tertiary/aromatic N) is 2. The van der Waals surface area contributed by atoms with Gasteiger partial charge in [0, 0.05) is 21.2 Å². The minimum absolute atomic E-state index is 0.0142. The molecule has 3 rings (SSSR count). The second-order valence-electron chi connectivity index (χ2n) is 5.06. The Hall–Kier alpha value is -2.78. The van der Waals surface area contributed by atoms with Crippen LogP contribution in [0.2, 0.25) is 0 Å². The fourth-order valence-electron chi connectivity index (χ4n) is 2.37. The lowest BCUT2D eigenvalue weighted by atomic mass is 9.98. The van der Waals surface area contributed by atoms with E-state index in [1.807, 2.05) is 30.3 Å². The molecule has 0 aliphatic rings. The van der Waals surface area contributed by atoms with Crippen LogP contribution in [0.3, 0.4) is 0 Å². The molecule has 24 heavy (non-hydrogen) atoms. The van der Waals surface area contributed by atoms with Crippen LogP contribution in [-0.2, 0) is 0 Å². The lowest BCUT2D eigenvalue weighted by molar-refractivity contribution is 0.603. The first-order valence-electron chi connectivity index (χ1n) is 6.91. The predicted octanol–water partition coefficient (Wildman–Crippen LogP) is 4.91. The normalized spacial score (nSPS) is 10.4. The van der Waals surface area contributed by atoms with Gasteiger partial charge in [-0.25, -0.2) is 13.8 Å². The Morgan fingerprint density at radius 3 is 2.38 bits per heavy atom. The molecule has 1 aromatic heterocycles. The number of hydrogen-bond donors (Lipinski definition) is 1. The lowest BCUT2D eigenvalue weighted by Gasteiger charge is -2.11. The molecule has 0 fully saturated rings. The summed E-state index contributed by atoms with van der Waals surface area (Å²) in [5.41, 5.74) is 7.27. The molecule has 0 saturated carbocycles. The molecule has 118 valence electrons. The van der Waals surface area contributed by atoms with Gasteiger partial charge in [0.2, 0.25) is 0 Å². The number of benzene rings is 2. The standard InChI is InChI=1S/C18H10BrF2N3/c19-11-3-1-10(2-4-11)17-8-13(15(9-22)18(23)24-17)14-7-12(20)5-6-16(14)21/h1-8H,(H2,23,24). The van der Waals surface area contributed by atoms with E-state index in [-0.39, 0.29) is 22.5 Å². The molecular formula is C18H10BrF2N3. The Balaban J connectivity index is 2.27. The van der Waals surface area contributed by atoms with Crippen LogP contribution >= 0.6 is 15.9 Å². The van der Waals surface area contributed by atoms with Gasteiger partial charge in [-0.15, -0.1) is 0 Å². The Labute approximate surface area is 145 Å². The first kappa shape index (κ1) is 16.1. The highest BCUT2D eigenvalue weighted by atomic mass is 79.9. The molecule has 2 N–H and O–H groups in total. The summed E-state index contributed by atoms with van der Waals surface area (Å²) < 4.78 is 28.6. The van der Waals surface area contributed by atoms with Crippen LogP contribution in [-0.4, -0.2) is 4.98 Å². The third-order valence-electron chi connectivity index (χ3n) is 3.52. The summed E-state index contributed by atoms with van der Waals surface area (Å²) in [7, 11) is 0. The number of aromatic nitrogens is 1. The van der Waals surface area contributed by atoms with E-state index in [1.54, 1.807) is 0 Å². The van der Waals surface area contributed by atoms with E-state index in [9.17, 15) is 14.0 Å². The van der Waals surface area contributed by atoms with Crippen molar-refractivity contribution in [1.82, 2.24) is 4.98 Å². The largest absolute Gasteiger partial charge is 0.383 e. The second kappa shape index (κ2) is 6.38. The van der Waals surface area contributed by atoms with Crippen molar-refractivity contribution in [2.24, 2.45) is 0 Å². The van der Waals surface area contributed by atoms with Crippen LogP contribution in [0.1, 0.15) is 5.56 Å². The molecule has 0 aliphatic heterocycles. The van der Waals surface area contributed by atoms with Crippen molar-refractivity contribution in [2.45, 2.75) is 0 Å². The van der Waals surface area contributed by atoms with Crippen molar-refractivity contribution < 1.29 is 8.78 Å². The summed E-state index contributed by atoms with van der Waals surface area (Å²) in [5, 5.41) is 9.33. The summed E-state index contributed by atoms with van der Waals surface area (Å²) in [5.74, 6) is -1.27. The molecule has 0 aliphatic carbocycles. The van der Waals surface area contributed by atoms with Gasteiger partial charge in [0.05, 0.1) is 5.69 Å². The first-order valence-corrected chi connectivity index (χ1v) is 7.71. The third kappa shape index (κ3) is 2.99. The summed E-state index contributed by atoms with van der Waals surface area (Å²) in [6, 6.07) is 13.8. The molecule has 6 heteroatoms. The smallest absolute Gasteiger partial charge is 0.142 e. The average molecular weight is 386 g/mol. The fourth-order valence-corrected chi connectivity index (χ4v) is 2.63. The van der Waals surface area contributed by atoms with E-state index in [1.165, 1.54) is 6.07 Å². The van der Waals surface area contributed by atoms with Crippen LogP contribution in [0.25, 0.3) is 22.4 Å². The molecule has 0 spiro atoms. The first-order chi connectivity index (χ1) is 11.5. The Bertz CT molecular complexity index is 963. The van der Waals surface area contributed by atoms with Gasteiger partial charge in [-0.05, 0) is 36.4 Å². The van der Waals surface area contributed by atoms with Crippen molar-refractivity contribution >= 4 is 21.7 Å². The van der Waals surface area contributed by atoms with E-state index in [4.69, 9.17) is 5.73 Å². The lowest BCUT2D eigenvalue weighted by Crippen LogP contribution is -2.01. The van der Waals surface area contributed by atoms with Gasteiger partial charge in [-0.3, -0.25) is 0 Å². The van der Waals surface area contributed by atoms with Gasteiger partial charge in [-0.1, -0.05) is 28.1 Å². The topological polar surface area (TPSA) is 62.7 Å². The van der Waals surface area contributed by atoms with Crippen molar-refractivity contribution in [2.75, 3.05) is 5.73 Å². The van der Waals surface area contributed by atoms with Crippen LogP contribution in [0.5, 0.6) is 0 Å². The van der Waals surface area contributed by atoms with Crippen molar-refractivity contribution in [3.05, 3.63) is 70.2 Å². The molecule has 0 bridgehead atoms. The minimum atomic E-state index is -0.639. The van der Waals surface area contributed by atoms with E-state index in [2.05, 4.69) is 20.9 Å². The SMILES string of the molecule is N#Cc1c(-c2cc(F)ccc2F)cc(-c2ccc(Br)cc2)nc1N. The van der Waals surface area contributed by atoms with Crippen LogP contribution in [0.4, 0.5) is 14.6 Å². The van der Waals surface area contributed by atoms with Gasteiger partial charge in [0.15, 0.2) is 0 Å². The third-order valence-corrected chi connectivity index (χ3v) is 4.05. The number of hydrogen-bond acceptors (Lipinski definition) is 3. The molecular weight excluding hydrogens is 376 g/mol. The molecule has 0 amide bonds. The van der Waals surface area contributed by atoms with E-state index >= 15 is 0 Å². The molecule has 0 unspecified atom stereocenters. The molecule has 0 saturated heterocycles. The number of pyridine rings is 1. The average Bonchev–Trinajstić information content (AvgIpc) is 2.57. The maximum atomic E-state index is 14.1. The van der Waals surface area contributed by atoms with E-state index < -0.39 is 11.6 Å². The monoisotopic (exact) mass is 385 g/mol. The summed E-state index contributed by atoms with van der Waals surface area (Å²) in [4.78, 5) is 4.21. The quantitative estimate of drug-likeness (QED) is 0.681. The molecule has 3 nitrogen and oxygen atoms in total.